The highest BCUT2D eigenvalue weighted by Crippen LogP contribution is 2.18. The van der Waals surface area contributed by atoms with E-state index in [0.717, 1.165) is 0 Å². The van der Waals surface area contributed by atoms with E-state index in [9.17, 15) is 14.9 Å². The topological polar surface area (TPSA) is 64.4 Å². The average Bonchev–Trinajstić information content (AvgIpc) is 2.49. The largest absolute Gasteiger partial charge is 0.339 e. The van der Waals surface area contributed by atoms with Crippen LogP contribution in [-0.4, -0.2) is 47.8 Å². The number of hydrogen-bond donors (Lipinski definition) is 0. The van der Waals surface area contributed by atoms with Gasteiger partial charge in [0, 0.05) is 33.1 Å². The monoisotopic (exact) mass is 271 g/mol. The van der Waals surface area contributed by atoms with Crippen LogP contribution in [0.2, 0.25) is 0 Å². The van der Waals surface area contributed by atoms with E-state index in [4.69, 9.17) is 0 Å². The number of piperazine rings is 1. The standard InChI is InChI=1S/C15H17N3O2/c1-12(19)17-7-9-18(10-8-17)15(20)14(11-16)13-5-3-2-4-6-13/h2-6,14H,7-10H2,1H3. The molecule has 104 valence electrons. The predicted octanol–water partition coefficient (Wildman–Crippen LogP) is 0.984. The van der Waals surface area contributed by atoms with Crippen LogP contribution >= 0.6 is 0 Å². The quantitative estimate of drug-likeness (QED) is 0.805. The molecule has 0 spiro atoms. The molecule has 2 amide bonds. The zero-order chi connectivity index (χ0) is 14.5. The van der Waals surface area contributed by atoms with E-state index >= 15 is 0 Å². The Morgan fingerprint density at radius 3 is 2.15 bits per heavy atom. The van der Waals surface area contributed by atoms with Gasteiger partial charge in [0.25, 0.3) is 0 Å². The number of carbonyl (C=O) groups excluding carboxylic acids is 2. The first-order valence-corrected chi connectivity index (χ1v) is 6.62. The third-order valence-corrected chi connectivity index (χ3v) is 3.55. The van der Waals surface area contributed by atoms with Gasteiger partial charge in [-0.15, -0.1) is 0 Å². The lowest BCUT2D eigenvalue weighted by atomic mass is 9.99. The summed E-state index contributed by atoms with van der Waals surface area (Å²) in [6.45, 7) is 3.58. The summed E-state index contributed by atoms with van der Waals surface area (Å²) in [5, 5.41) is 9.26. The molecule has 1 fully saturated rings. The highest BCUT2D eigenvalue weighted by molar-refractivity contribution is 5.86. The second-order valence-electron chi connectivity index (χ2n) is 4.80. The molecule has 1 aliphatic heterocycles. The van der Waals surface area contributed by atoms with Crippen LogP contribution in [0.5, 0.6) is 0 Å². The van der Waals surface area contributed by atoms with Crippen molar-refractivity contribution in [3.8, 4) is 6.07 Å². The number of carbonyl (C=O) groups is 2. The van der Waals surface area contributed by atoms with Crippen LogP contribution in [0.15, 0.2) is 30.3 Å². The Morgan fingerprint density at radius 2 is 1.65 bits per heavy atom. The van der Waals surface area contributed by atoms with Crippen molar-refractivity contribution in [2.75, 3.05) is 26.2 Å². The summed E-state index contributed by atoms with van der Waals surface area (Å²) in [5.41, 5.74) is 0.717. The van der Waals surface area contributed by atoms with Crippen molar-refractivity contribution < 1.29 is 9.59 Å². The molecule has 0 aromatic heterocycles. The Balaban J connectivity index is 2.04. The molecule has 0 bridgehead atoms. The molecule has 20 heavy (non-hydrogen) atoms. The Labute approximate surface area is 118 Å². The van der Waals surface area contributed by atoms with Crippen LogP contribution < -0.4 is 0 Å². The Bertz CT molecular complexity index is 528. The van der Waals surface area contributed by atoms with E-state index in [0.29, 0.717) is 31.7 Å². The summed E-state index contributed by atoms with van der Waals surface area (Å²) in [6.07, 6.45) is 0. The van der Waals surface area contributed by atoms with Gasteiger partial charge in [0.2, 0.25) is 11.8 Å². The average molecular weight is 271 g/mol. The molecule has 5 heteroatoms. The van der Waals surface area contributed by atoms with Crippen molar-refractivity contribution in [1.29, 1.82) is 5.26 Å². The number of nitrogens with zero attached hydrogens (tertiary/aromatic N) is 3. The number of hydrogen-bond acceptors (Lipinski definition) is 3. The number of benzene rings is 1. The fourth-order valence-corrected chi connectivity index (χ4v) is 2.34. The Kier molecular flexibility index (Phi) is 4.36. The van der Waals surface area contributed by atoms with Gasteiger partial charge in [-0.25, -0.2) is 0 Å². The van der Waals surface area contributed by atoms with Crippen LogP contribution in [0.4, 0.5) is 0 Å². The predicted molar refractivity (Wildman–Crippen MR) is 73.6 cm³/mol. The molecule has 0 aliphatic carbocycles. The fraction of sp³-hybridized carbons (Fsp3) is 0.400. The first-order chi connectivity index (χ1) is 9.63. The van der Waals surface area contributed by atoms with Gasteiger partial charge in [0.05, 0.1) is 6.07 Å². The van der Waals surface area contributed by atoms with Gasteiger partial charge in [-0.05, 0) is 5.56 Å². The van der Waals surface area contributed by atoms with Crippen molar-refractivity contribution in [3.63, 3.8) is 0 Å². The number of amides is 2. The third kappa shape index (κ3) is 2.97. The molecule has 5 nitrogen and oxygen atoms in total. The maximum Gasteiger partial charge on any atom is 0.244 e. The number of nitriles is 1. The summed E-state index contributed by atoms with van der Waals surface area (Å²) < 4.78 is 0. The highest BCUT2D eigenvalue weighted by Gasteiger charge is 2.28. The van der Waals surface area contributed by atoms with Crippen molar-refractivity contribution in [3.05, 3.63) is 35.9 Å². The molecule has 1 unspecified atom stereocenters. The lowest BCUT2D eigenvalue weighted by Crippen LogP contribution is -2.51. The van der Waals surface area contributed by atoms with Gasteiger partial charge in [-0.2, -0.15) is 5.26 Å². The second kappa shape index (κ2) is 6.20. The van der Waals surface area contributed by atoms with Gasteiger partial charge in [0.1, 0.15) is 5.92 Å². The van der Waals surface area contributed by atoms with Crippen LogP contribution in [0.1, 0.15) is 18.4 Å². The third-order valence-electron chi connectivity index (χ3n) is 3.55. The lowest BCUT2D eigenvalue weighted by Gasteiger charge is -2.35. The summed E-state index contributed by atoms with van der Waals surface area (Å²) in [6, 6.07) is 11.2. The van der Waals surface area contributed by atoms with E-state index in [1.54, 1.807) is 21.9 Å². The van der Waals surface area contributed by atoms with Gasteiger partial charge in [-0.1, -0.05) is 30.3 Å². The minimum Gasteiger partial charge on any atom is -0.339 e. The summed E-state index contributed by atoms with van der Waals surface area (Å²) in [5.74, 6) is -0.918. The molecule has 0 N–H and O–H groups in total. The van der Waals surface area contributed by atoms with Crippen molar-refractivity contribution in [2.24, 2.45) is 0 Å². The van der Waals surface area contributed by atoms with Crippen molar-refractivity contribution in [1.82, 2.24) is 9.80 Å². The van der Waals surface area contributed by atoms with Crippen LogP contribution in [-0.2, 0) is 9.59 Å². The summed E-state index contributed by atoms with van der Waals surface area (Å²) in [7, 11) is 0. The maximum absolute atomic E-state index is 12.4. The molecular formula is C15H17N3O2. The molecule has 1 atom stereocenters. The van der Waals surface area contributed by atoms with Crippen LogP contribution in [0, 0.1) is 11.3 Å². The van der Waals surface area contributed by atoms with Gasteiger partial charge < -0.3 is 9.80 Å². The first kappa shape index (κ1) is 14.1. The van der Waals surface area contributed by atoms with E-state index in [1.807, 2.05) is 18.2 Å². The number of rotatable bonds is 2. The second-order valence-corrected chi connectivity index (χ2v) is 4.80. The van der Waals surface area contributed by atoms with Crippen molar-refractivity contribution >= 4 is 11.8 Å². The molecule has 2 rings (SSSR count). The molecule has 1 aromatic rings. The SMILES string of the molecule is CC(=O)N1CCN(C(=O)C(C#N)c2ccccc2)CC1. The molecule has 1 aromatic carbocycles. The zero-order valence-corrected chi connectivity index (χ0v) is 11.5. The van der Waals surface area contributed by atoms with Gasteiger partial charge >= 0.3 is 0 Å². The van der Waals surface area contributed by atoms with Crippen LogP contribution in [0.25, 0.3) is 0 Å². The van der Waals surface area contributed by atoms with Crippen molar-refractivity contribution in [2.45, 2.75) is 12.8 Å². The first-order valence-electron chi connectivity index (χ1n) is 6.62. The maximum atomic E-state index is 12.4. The van der Waals surface area contributed by atoms with E-state index < -0.39 is 5.92 Å². The Hall–Kier alpha value is -2.35. The molecule has 0 saturated carbocycles. The molecule has 1 heterocycles. The van der Waals surface area contributed by atoms with E-state index in [1.165, 1.54) is 6.92 Å². The summed E-state index contributed by atoms with van der Waals surface area (Å²) in [4.78, 5) is 27.0. The minimum absolute atomic E-state index is 0.0250. The molecule has 1 saturated heterocycles. The molecular weight excluding hydrogens is 254 g/mol. The lowest BCUT2D eigenvalue weighted by molar-refractivity contribution is -0.138. The smallest absolute Gasteiger partial charge is 0.244 e. The normalized spacial score (nSPS) is 16.4. The molecule has 0 radical (unpaired) electrons. The van der Waals surface area contributed by atoms with Crippen LogP contribution in [0.3, 0.4) is 0 Å². The molecule has 1 aliphatic rings. The summed E-state index contributed by atoms with van der Waals surface area (Å²) >= 11 is 0. The van der Waals surface area contributed by atoms with E-state index in [2.05, 4.69) is 6.07 Å². The fourth-order valence-electron chi connectivity index (χ4n) is 2.34. The minimum atomic E-state index is -0.764. The zero-order valence-electron chi connectivity index (χ0n) is 11.5. The van der Waals surface area contributed by atoms with Gasteiger partial charge in [0.15, 0.2) is 0 Å². The highest BCUT2D eigenvalue weighted by atomic mass is 16.2. The van der Waals surface area contributed by atoms with Gasteiger partial charge in [-0.3, -0.25) is 9.59 Å². The Morgan fingerprint density at radius 1 is 1.10 bits per heavy atom. The van der Waals surface area contributed by atoms with E-state index in [-0.39, 0.29) is 11.8 Å².